The molecule has 4 nitrogen and oxygen atoms in total. The molecule has 0 aromatic heterocycles. The van der Waals surface area contributed by atoms with Crippen molar-refractivity contribution in [3.63, 3.8) is 0 Å². The van der Waals surface area contributed by atoms with Gasteiger partial charge in [-0.15, -0.1) is 0 Å². The zero-order valence-electron chi connectivity index (χ0n) is 35.5. The highest BCUT2D eigenvalue weighted by atomic mass is 16.4. The van der Waals surface area contributed by atoms with E-state index in [9.17, 15) is 15.2 Å². The Bertz CT molecular complexity index is 3260. The van der Waals surface area contributed by atoms with Crippen molar-refractivity contribution < 1.29 is 9.90 Å². The summed E-state index contributed by atoms with van der Waals surface area (Å²) in [5.74, 6) is -1.24. The van der Waals surface area contributed by atoms with Crippen LogP contribution in [-0.4, -0.2) is 11.1 Å². The van der Waals surface area contributed by atoms with Crippen molar-refractivity contribution in [3.8, 4) is 50.6 Å². The molecule has 0 saturated heterocycles. The molecule has 0 unspecified atom stereocenters. The molecule has 0 radical (unpaired) electrons. The topological polar surface area (TPSA) is 64.3 Å². The van der Waals surface area contributed by atoms with Crippen LogP contribution in [-0.2, 0) is 21.0 Å². The second kappa shape index (κ2) is 12.9. The van der Waals surface area contributed by atoms with Gasteiger partial charge in [-0.2, -0.15) is 5.26 Å². The minimum Gasteiger partial charge on any atom is -0.477 e. The third-order valence-corrected chi connectivity index (χ3v) is 14.7. The first-order chi connectivity index (χ1) is 30.5. The molecule has 1 spiro atoms. The Morgan fingerprint density at radius 2 is 0.810 bits per heavy atom. The van der Waals surface area contributed by atoms with Gasteiger partial charge in [0, 0.05) is 27.9 Å². The number of carbonyl (C=O) groups is 1. The number of rotatable bonds is 5. The van der Waals surface area contributed by atoms with E-state index in [1.54, 1.807) is 0 Å². The van der Waals surface area contributed by atoms with Gasteiger partial charge >= 0.3 is 5.97 Å². The lowest BCUT2D eigenvalue weighted by atomic mass is 9.70. The SMILES string of the molecule is CC1(C)c2ccccc2-c2ccc(N(c3ccc4c(c3)C(C)(C)c3ccccc3-4)c3ccc4c(c3)C3(c5ccccc5-c5ccccc53)c3cc(C=C(C#N)C(=O)O)ccc3-4)cc21. The van der Waals surface area contributed by atoms with Gasteiger partial charge in [0.15, 0.2) is 0 Å². The first-order valence-electron chi connectivity index (χ1n) is 21.7. The average molecular weight is 811 g/mol. The molecule has 0 saturated carbocycles. The number of nitrogens with zero attached hydrogens (tertiary/aromatic N) is 2. The molecule has 1 N–H and O–H groups in total. The van der Waals surface area contributed by atoms with E-state index >= 15 is 0 Å². The summed E-state index contributed by atoms with van der Waals surface area (Å²) < 4.78 is 0. The summed E-state index contributed by atoms with van der Waals surface area (Å²) in [5, 5.41) is 19.6. The lowest BCUT2D eigenvalue weighted by Gasteiger charge is -2.33. The van der Waals surface area contributed by atoms with E-state index in [2.05, 4.69) is 196 Å². The van der Waals surface area contributed by atoms with E-state index in [4.69, 9.17) is 0 Å². The molecule has 0 atom stereocenters. The highest BCUT2D eigenvalue weighted by Gasteiger charge is 2.52. The number of aliphatic carboxylic acids is 1. The van der Waals surface area contributed by atoms with Crippen molar-refractivity contribution in [2.75, 3.05) is 4.90 Å². The number of anilines is 3. The Hall–Kier alpha value is -7.74. The van der Waals surface area contributed by atoms with Gasteiger partial charge in [-0.25, -0.2) is 4.79 Å². The maximum Gasteiger partial charge on any atom is 0.346 e. The molecule has 8 aromatic carbocycles. The van der Waals surface area contributed by atoms with Crippen LogP contribution in [0.4, 0.5) is 17.1 Å². The van der Waals surface area contributed by atoms with Crippen LogP contribution in [0.5, 0.6) is 0 Å². The van der Waals surface area contributed by atoms with Crippen molar-refractivity contribution in [2.24, 2.45) is 0 Å². The van der Waals surface area contributed by atoms with Crippen LogP contribution in [0.15, 0.2) is 175 Å². The molecule has 63 heavy (non-hydrogen) atoms. The maximum absolute atomic E-state index is 12.1. The van der Waals surface area contributed by atoms with Crippen LogP contribution in [0.1, 0.15) is 77.8 Å². The molecule has 0 fully saturated rings. The standard InChI is InChI=1S/C59H42N2O2/c1-57(2)48-17-9-5-13-40(48)44-26-22-37(31-52(44)57)61(38-23-27-45-41-14-6-10-18-49(41)58(3,4)53(45)32-38)39-24-28-47-46-25-21-35(29-36(34-60)56(62)63)30-54(46)59(55(47)33-39)50-19-11-7-15-42(50)43-16-8-12-20-51(43)59/h5-33H,1-4H3,(H,62,63). The molecule has 4 aliphatic carbocycles. The van der Waals surface area contributed by atoms with Crippen LogP contribution in [0.3, 0.4) is 0 Å². The van der Waals surface area contributed by atoms with E-state index < -0.39 is 11.4 Å². The molecule has 0 heterocycles. The molecule has 4 heteroatoms. The summed E-state index contributed by atoms with van der Waals surface area (Å²) in [5.41, 5.74) is 22.2. The Morgan fingerprint density at radius 3 is 1.25 bits per heavy atom. The van der Waals surface area contributed by atoms with Crippen molar-refractivity contribution in [1.82, 2.24) is 0 Å². The quantitative estimate of drug-likeness (QED) is 0.139. The van der Waals surface area contributed by atoms with Crippen LogP contribution in [0.25, 0.3) is 50.6 Å². The van der Waals surface area contributed by atoms with Gasteiger partial charge in [0.25, 0.3) is 0 Å². The number of hydrogen-bond acceptors (Lipinski definition) is 3. The van der Waals surface area contributed by atoms with Crippen molar-refractivity contribution >= 4 is 29.1 Å². The minimum absolute atomic E-state index is 0.186. The number of benzene rings is 8. The maximum atomic E-state index is 12.1. The van der Waals surface area contributed by atoms with E-state index in [-0.39, 0.29) is 16.4 Å². The Morgan fingerprint density at radius 1 is 0.460 bits per heavy atom. The number of fused-ring (bicyclic) bond motifs is 16. The fourth-order valence-corrected chi connectivity index (χ4v) is 11.8. The van der Waals surface area contributed by atoms with E-state index in [1.807, 2.05) is 12.1 Å². The van der Waals surface area contributed by atoms with Crippen molar-refractivity contribution in [3.05, 3.63) is 226 Å². The highest BCUT2D eigenvalue weighted by Crippen LogP contribution is 2.64. The van der Waals surface area contributed by atoms with Gasteiger partial charge in [-0.05, 0) is 143 Å². The van der Waals surface area contributed by atoms with Crippen LogP contribution >= 0.6 is 0 Å². The summed E-state index contributed by atoms with van der Waals surface area (Å²) >= 11 is 0. The fraction of sp³-hybridized carbons (Fsp3) is 0.119. The molecular weight excluding hydrogens is 769 g/mol. The molecule has 300 valence electrons. The van der Waals surface area contributed by atoms with Crippen molar-refractivity contribution in [1.29, 1.82) is 5.26 Å². The molecule has 0 amide bonds. The highest BCUT2D eigenvalue weighted by molar-refractivity contribution is 5.99. The van der Waals surface area contributed by atoms with Gasteiger partial charge in [0.1, 0.15) is 11.6 Å². The predicted octanol–water partition coefficient (Wildman–Crippen LogP) is 14.1. The Balaban J connectivity index is 1.12. The lowest BCUT2D eigenvalue weighted by molar-refractivity contribution is -0.132. The zero-order valence-corrected chi connectivity index (χ0v) is 35.5. The number of carboxylic acids is 1. The van der Waals surface area contributed by atoms with Crippen LogP contribution in [0, 0.1) is 11.3 Å². The molecule has 4 aliphatic rings. The predicted molar refractivity (Wildman–Crippen MR) is 254 cm³/mol. The van der Waals surface area contributed by atoms with Crippen LogP contribution in [0.2, 0.25) is 0 Å². The molecular formula is C59H42N2O2. The minimum atomic E-state index is -1.24. The summed E-state index contributed by atoms with van der Waals surface area (Å²) in [6, 6.07) is 64.0. The molecule has 12 rings (SSSR count). The average Bonchev–Trinajstić information content (AvgIpc) is 3.93. The molecule has 0 bridgehead atoms. The summed E-state index contributed by atoms with van der Waals surface area (Å²) in [6.07, 6.45) is 1.49. The third-order valence-electron chi connectivity index (χ3n) is 14.7. The Kier molecular flexibility index (Phi) is 7.58. The monoisotopic (exact) mass is 810 g/mol. The second-order valence-corrected chi connectivity index (χ2v) is 18.5. The second-order valence-electron chi connectivity index (χ2n) is 18.5. The third kappa shape index (κ3) is 4.88. The summed E-state index contributed by atoms with van der Waals surface area (Å²) in [6.45, 7) is 9.36. The lowest BCUT2D eigenvalue weighted by Crippen LogP contribution is -2.26. The first-order valence-corrected chi connectivity index (χ1v) is 21.7. The Labute approximate surface area is 367 Å². The normalized spacial score (nSPS) is 15.6. The van der Waals surface area contributed by atoms with Crippen molar-refractivity contribution in [2.45, 2.75) is 43.9 Å². The number of hydrogen-bond donors (Lipinski definition) is 1. The largest absolute Gasteiger partial charge is 0.477 e. The van der Waals surface area contributed by atoms with Gasteiger partial charge in [-0.1, -0.05) is 155 Å². The van der Waals surface area contributed by atoms with Crippen LogP contribution < -0.4 is 4.90 Å². The van der Waals surface area contributed by atoms with E-state index in [1.165, 1.54) is 78.4 Å². The molecule has 8 aromatic rings. The van der Waals surface area contributed by atoms with E-state index in [0.29, 0.717) is 5.56 Å². The fourth-order valence-electron chi connectivity index (χ4n) is 11.8. The summed E-state index contributed by atoms with van der Waals surface area (Å²) in [7, 11) is 0. The van der Waals surface area contributed by atoms with Gasteiger partial charge < -0.3 is 10.0 Å². The van der Waals surface area contributed by atoms with Gasteiger partial charge in [0.05, 0.1) is 5.41 Å². The smallest absolute Gasteiger partial charge is 0.346 e. The molecule has 0 aliphatic heterocycles. The van der Waals surface area contributed by atoms with Gasteiger partial charge in [-0.3, -0.25) is 0 Å². The van der Waals surface area contributed by atoms with E-state index in [0.717, 1.165) is 33.8 Å². The zero-order chi connectivity index (χ0) is 43.0. The van der Waals surface area contributed by atoms with Gasteiger partial charge in [0.2, 0.25) is 0 Å². The number of carboxylic acid groups (broad SMARTS) is 1. The first kappa shape index (κ1) is 37.1. The summed E-state index contributed by atoms with van der Waals surface area (Å²) in [4.78, 5) is 14.5. The number of nitriles is 1.